The summed E-state index contributed by atoms with van der Waals surface area (Å²) in [7, 11) is -3.60. The summed E-state index contributed by atoms with van der Waals surface area (Å²) in [6, 6.07) is 13.0. The number of rotatable bonds is 7. The first-order chi connectivity index (χ1) is 11.7. The Morgan fingerprint density at radius 1 is 1.00 bits per heavy atom. The van der Waals surface area contributed by atoms with E-state index in [1.807, 2.05) is 30.3 Å². The van der Waals surface area contributed by atoms with Crippen molar-refractivity contribution in [3.63, 3.8) is 0 Å². The molecule has 2 N–H and O–H groups in total. The van der Waals surface area contributed by atoms with Crippen LogP contribution in [0, 0.1) is 0 Å². The zero-order chi connectivity index (χ0) is 18.5. The maximum Gasteiger partial charge on any atom is 0.416 e. The summed E-state index contributed by atoms with van der Waals surface area (Å²) in [5.74, 6) is -0.142. The van der Waals surface area contributed by atoms with Gasteiger partial charge in [-0.3, -0.25) is 0 Å². The van der Waals surface area contributed by atoms with Crippen LogP contribution in [0.1, 0.15) is 22.8 Å². The van der Waals surface area contributed by atoms with Gasteiger partial charge in [-0.1, -0.05) is 42.5 Å². The molecule has 0 amide bonds. The van der Waals surface area contributed by atoms with E-state index in [2.05, 4.69) is 4.72 Å². The van der Waals surface area contributed by atoms with Gasteiger partial charge in [0.1, 0.15) is 0 Å². The van der Waals surface area contributed by atoms with E-state index in [-0.39, 0.29) is 17.9 Å². The largest absolute Gasteiger partial charge is 0.416 e. The SMILES string of the molecule is O=S(=O)(CCc1ccccc1)NCC(O)c1ccc(C(F)(F)F)cc1. The molecule has 0 aliphatic heterocycles. The van der Waals surface area contributed by atoms with Crippen molar-refractivity contribution >= 4 is 10.0 Å². The monoisotopic (exact) mass is 373 g/mol. The summed E-state index contributed by atoms with van der Waals surface area (Å²) in [4.78, 5) is 0. The fraction of sp³-hybridized carbons (Fsp3) is 0.294. The Morgan fingerprint density at radius 2 is 1.60 bits per heavy atom. The lowest BCUT2D eigenvalue weighted by atomic mass is 10.1. The van der Waals surface area contributed by atoms with Crippen molar-refractivity contribution in [2.75, 3.05) is 12.3 Å². The van der Waals surface area contributed by atoms with E-state index >= 15 is 0 Å². The molecule has 0 bridgehead atoms. The van der Waals surface area contributed by atoms with Crippen LogP contribution in [0.25, 0.3) is 0 Å². The van der Waals surface area contributed by atoms with E-state index in [9.17, 15) is 26.7 Å². The van der Waals surface area contributed by atoms with Crippen LogP contribution in [0.2, 0.25) is 0 Å². The number of sulfonamides is 1. The van der Waals surface area contributed by atoms with Crippen LogP contribution >= 0.6 is 0 Å². The normalized spacial score (nSPS) is 13.6. The molecule has 4 nitrogen and oxygen atoms in total. The Kier molecular flexibility index (Phi) is 6.21. The molecule has 2 rings (SSSR count). The minimum atomic E-state index is -4.46. The third kappa shape index (κ3) is 6.15. The van der Waals surface area contributed by atoms with Crippen LogP contribution in [0.15, 0.2) is 54.6 Å². The molecular formula is C17H18F3NO3S. The summed E-state index contributed by atoms with van der Waals surface area (Å²) in [5, 5.41) is 9.95. The topological polar surface area (TPSA) is 66.4 Å². The van der Waals surface area contributed by atoms with Crippen molar-refractivity contribution in [3.8, 4) is 0 Å². The Morgan fingerprint density at radius 3 is 2.16 bits per heavy atom. The van der Waals surface area contributed by atoms with Crippen molar-refractivity contribution in [1.29, 1.82) is 0 Å². The quantitative estimate of drug-likeness (QED) is 0.784. The van der Waals surface area contributed by atoms with Crippen LogP contribution < -0.4 is 4.72 Å². The van der Waals surface area contributed by atoms with Crippen molar-refractivity contribution in [2.45, 2.75) is 18.7 Å². The minimum absolute atomic E-state index is 0.142. The summed E-state index contributed by atoms with van der Waals surface area (Å²) < 4.78 is 63.7. The number of halogens is 3. The van der Waals surface area contributed by atoms with Gasteiger partial charge in [0.25, 0.3) is 0 Å². The predicted octanol–water partition coefficient (Wildman–Crippen LogP) is 2.90. The standard InChI is InChI=1S/C17H18F3NO3S/c18-17(19,20)15-8-6-14(7-9-15)16(22)12-21-25(23,24)11-10-13-4-2-1-3-5-13/h1-9,16,21-22H,10-12H2. The van der Waals surface area contributed by atoms with Crippen molar-refractivity contribution in [2.24, 2.45) is 0 Å². The number of aliphatic hydroxyl groups excluding tert-OH is 1. The van der Waals surface area contributed by atoms with E-state index in [0.717, 1.165) is 29.8 Å². The molecule has 2 aromatic carbocycles. The third-order valence-electron chi connectivity index (χ3n) is 3.62. The highest BCUT2D eigenvalue weighted by molar-refractivity contribution is 7.89. The number of nitrogens with one attached hydrogen (secondary N) is 1. The predicted molar refractivity (Wildman–Crippen MR) is 88.3 cm³/mol. The Hall–Kier alpha value is -1.90. The zero-order valence-corrected chi connectivity index (χ0v) is 14.0. The van der Waals surface area contributed by atoms with Gasteiger partial charge in [-0.25, -0.2) is 13.1 Å². The van der Waals surface area contributed by atoms with Crippen molar-refractivity contribution < 1.29 is 26.7 Å². The molecule has 2 aromatic rings. The summed E-state index contributed by atoms with van der Waals surface area (Å²) in [6.45, 7) is -0.303. The van der Waals surface area contributed by atoms with E-state index in [1.54, 1.807) is 0 Å². The smallest absolute Gasteiger partial charge is 0.387 e. The maximum atomic E-state index is 12.5. The zero-order valence-electron chi connectivity index (χ0n) is 13.2. The molecule has 1 atom stereocenters. The first kappa shape index (κ1) is 19.4. The molecule has 0 spiro atoms. The molecular weight excluding hydrogens is 355 g/mol. The molecule has 0 aliphatic rings. The summed E-state index contributed by atoms with van der Waals surface area (Å²) in [6.07, 6.45) is -5.36. The van der Waals surface area contributed by atoms with Gasteiger partial charge in [0.2, 0.25) is 10.0 Å². The second-order valence-electron chi connectivity index (χ2n) is 5.54. The van der Waals surface area contributed by atoms with E-state index in [4.69, 9.17) is 0 Å². The first-order valence-corrected chi connectivity index (χ1v) is 9.19. The number of aliphatic hydroxyl groups is 1. The van der Waals surface area contributed by atoms with Gasteiger partial charge in [-0.15, -0.1) is 0 Å². The average Bonchev–Trinajstić information content (AvgIpc) is 2.58. The van der Waals surface area contributed by atoms with E-state index < -0.39 is 27.9 Å². The Balaban J connectivity index is 1.88. The van der Waals surface area contributed by atoms with E-state index in [1.165, 1.54) is 0 Å². The lowest BCUT2D eigenvalue weighted by molar-refractivity contribution is -0.137. The molecule has 25 heavy (non-hydrogen) atoms. The Labute approximate surface area is 144 Å². The highest BCUT2D eigenvalue weighted by atomic mass is 32.2. The van der Waals surface area contributed by atoms with Gasteiger partial charge in [0.15, 0.2) is 0 Å². The van der Waals surface area contributed by atoms with Gasteiger partial charge in [-0.2, -0.15) is 13.2 Å². The summed E-state index contributed by atoms with van der Waals surface area (Å²) >= 11 is 0. The third-order valence-corrected chi connectivity index (χ3v) is 4.97. The van der Waals surface area contributed by atoms with Gasteiger partial charge < -0.3 is 5.11 Å². The van der Waals surface area contributed by atoms with Gasteiger partial charge in [0, 0.05) is 6.54 Å². The van der Waals surface area contributed by atoms with Crippen LogP contribution in [0.4, 0.5) is 13.2 Å². The van der Waals surface area contributed by atoms with Crippen LogP contribution in [-0.2, 0) is 22.6 Å². The molecule has 8 heteroatoms. The molecule has 136 valence electrons. The number of hydrogen-bond acceptors (Lipinski definition) is 3. The molecule has 0 radical (unpaired) electrons. The van der Waals surface area contributed by atoms with Gasteiger partial charge in [-0.05, 0) is 29.7 Å². The van der Waals surface area contributed by atoms with Gasteiger partial charge in [0.05, 0.1) is 17.4 Å². The molecule has 0 aliphatic carbocycles. The maximum absolute atomic E-state index is 12.5. The lowest BCUT2D eigenvalue weighted by Gasteiger charge is -2.14. The molecule has 0 saturated carbocycles. The number of alkyl halides is 3. The highest BCUT2D eigenvalue weighted by Crippen LogP contribution is 2.29. The van der Waals surface area contributed by atoms with Gasteiger partial charge >= 0.3 is 6.18 Å². The van der Waals surface area contributed by atoms with E-state index in [0.29, 0.717) is 6.42 Å². The molecule has 0 fully saturated rings. The lowest BCUT2D eigenvalue weighted by Crippen LogP contribution is -2.31. The average molecular weight is 373 g/mol. The Bertz CT molecular complexity index is 775. The fourth-order valence-electron chi connectivity index (χ4n) is 2.19. The fourth-order valence-corrected chi connectivity index (χ4v) is 3.25. The number of hydrogen-bond donors (Lipinski definition) is 2. The highest BCUT2D eigenvalue weighted by Gasteiger charge is 2.30. The molecule has 0 aromatic heterocycles. The molecule has 0 saturated heterocycles. The van der Waals surface area contributed by atoms with Crippen LogP contribution in [0.5, 0.6) is 0 Å². The van der Waals surface area contributed by atoms with Crippen LogP contribution in [-0.4, -0.2) is 25.8 Å². The second-order valence-corrected chi connectivity index (χ2v) is 7.46. The molecule has 1 unspecified atom stereocenters. The minimum Gasteiger partial charge on any atom is -0.387 e. The van der Waals surface area contributed by atoms with Crippen molar-refractivity contribution in [3.05, 3.63) is 71.3 Å². The van der Waals surface area contributed by atoms with Crippen LogP contribution in [0.3, 0.4) is 0 Å². The summed E-state index contributed by atoms with van der Waals surface area (Å²) in [5.41, 5.74) is 0.252. The second kappa shape index (κ2) is 7.99. The number of benzene rings is 2. The van der Waals surface area contributed by atoms with Crippen molar-refractivity contribution in [1.82, 2.24) is 4.72 Å². The molecule has 0 heterocycles. The number of aryl methyl sites for hydroxylation is 1. The first-order valence-electron chi connectivity index (χ1n) is 7.54.